The van der Waals surface area contributed by atoms with Crippen LogP contribution in [0.15, 0.2) is 18.2 Å². The first-order valence-corrected chi connectivity index (χ1v) is 7.59. The second kappa shape index (κ2) is 6.35. The third-order valence-corrected chi connectivity index (χ3v) is 4.10. The summed E-state index contributed by atoms with van der Waals surface area (Å²) >= 11 is 0. The van der Waals surface area contributed by atoms with Gasteiger partial charge in [0.05, 0.1) is 13.2 Å². The Balaban J connectivity index is 1.74. The molecule has 2 aliphatic rings. The van der Waals surface area contributed by atoms with E-state index in [0.717, 1.165) is 55.9 Å². The number of rotatable bonds is 3. The summed E-state index contributed by atoms with van der Waals surface area (Å²) in [5.41, 5.74) is 1.08. The normalized spacial score (nSPS) is 22.6. The molecule has 21 heavy (non-hydrogen) atoms. The molecule has 0 spiro atoms. The number of nitrogens with zero attached hydrogens (tertiary/aromatic N) is 1. The van der Waals surface area contributed by atoms with Gasteiger partial charge in [-0.1, -0.05) is 6.07 Å². The molecule has 0 amide bonds. The summed E-state index contributed by atoms with van der Waals surface area (Å²) in [5.74, 6) is 0.839. The fraction of sp³-hybridized carbons (Fsp3) is 0.562. The van der Waals surface area contributed by atoms with Crippen molar-refractivity contribution in [2.45, 2.75) is 38.3 Å². The van der Waals surface area contributed by atoms with E-state index < -0.39 is 5.97 Å². The number of hydrogen-bond acceptors (Lipinski definition) is 4. The van der Waals surface area contributed by atoms with Gasteiger partial charge in [-0.2, -0.15) is 0 Å². The molecule has 0 aliphatic carbocycles. The van der Waals surface area contributed by atoms with Crippen molar-refractivity contribution in [3.8, 4) is 11.5 Å². The van der Waals surface area contributed by atoms with E-state index in [4.69, 9.17) is 9.47 Å². The largest absolute Gasteiger partial charge is 0.490 e. The van der Waals surface area contributed by atoms with E-state index in [9.17, 15) is 9.90 Å². The van der Waals surface area contributed by atoms with Gasteiger partial charge in [0.2, 0.25) is 0 Å². The average molecular weight is 291 g/mol. The molecule has 5 heteroatoms. The summed E-state index contributed by atoms with van der Waals surface area (Å²) in [6.45, 7) is 2.92. The number of carbonyl (C=O) groups is 1. The van der Waals surface area contributed by atoms with Crippen LogP contribution >= 0.6 is 0 Å². The molecular weight excluding hydrogens is 270 g/mol. The fourth-order valence-corrected chi connectivity index (χ4v) is 2.98. The second-order valence-electron chi connectivity index (χ2n) is 5.65. The van der Waals surface area contributed by atoms with E-state index in [1.54, 1.807) is 0 Å². The lowest BCUT2D eigenvalue weighted by Crippen LogP contribution is -2.35. The van der Waals surface area contributed by atoms with Gasteiger partial charge < -0.3 is 14.6 Å². The summed E-state index contributed by atoms with van der Waals surface area (Å²) in [7, 11) is 0. The molecule has 3 rings (SSSR count). The average Bonchev–Trinajstić information content (AvgIpc) is 2.89. The van der Waals surface area contributed by atoms with Crippen molar-refractivity contribution in [1.29, 1.82) is 0 Å². The Morgan fingerprint density at radius 3 is 2.71 bits per heavy atom. The summed E-state index contributed by atoms with van der Waals surface area (Å²) in [4.78, 5) is 13.3. The van der Waals surface area contributed by atoms with Crippen molar-refractivity contribution in [1.82, 2.24) is 4.90 Å². The molecule has 1 saturated heterocycles. The van der Waals surface area contributed by atoms with Crippen molar-refractivity contribution in [3.05, 3.63) is 23.8 Å². The standard InChI is InChI=1S/C16H21NO4/c18-16(19)13-4-3-7-17(13)11-12-5-6-14-15(10-12)21-9-2-1-8-20-14/h5-6,10,13H,1-4,7-9,11H2,(H,18,19)/t13-/m1/s1. The molecule has 1 fully saturated rings. The van der Waals surface area contributed by atoms with Gasteiger partial charge in [0, 0.05) is 6.54 Å². The first-order valence-electron chi connectivity index (χ1n) is 7.59. The van der Waals surface area contributed by atoms with Crippen LogP contribution in [0.2, 0.25) is 0 Å². The Labute approximate surface area is 124 Å². The Morgan fingerprint density at radius 1 is 1.19 bits per heavy atom. The smallest absolute Gasteiger partial charge is 0.320 e. The Bertz CT molecular complexity index is 517. The van der Waals surface area contributed by atoms with Gasteiger partial charge in [0.25, 0.3) is 0 Å². The molecule has 1 aromatic carbocycles. The molecule has 2 heterocycles. The molecule has 1 N–H and O–H groups in total. The summed E-state index contributed by atoms with van der Waals surface area (Å²) in [5, 5.41) is 9.24. The second-order valence-corrected chi connectivity index (χ2v) is 5.65. The minimum atomic E-state index is -0.724. The van der Waals surface area contributed by atoms with Crippen LogP contribution in [0.4, 0.5) is 0 Å². The molecule has 114 valence electrons. The van der Waals surface area contributed by atoms with Crippen LogP contribution in [-0.2, 0) is 11.3 Å². The minimum Gasteiger partial charge on any atom is -0.490 e. The number of benzene rings is 1. The van der Waals surface area contributed by atoms with Gasteiger partial charge in [-0.3, -0.25) is 9.69 Å². The molecular formula is C16H21NO4. The van der Waals surface area contributed by atoms with Gasteiger partial charge in [-0.15, -0.1) is 0 Å². The van der Waals surface area contributed by atoms with Crippen LogP contribution in [0.5, 0.6) is 11.5 Å². The Hall–Kier alpha value is -1.75. The van der Waals surface area contributed by atoms with E-state index in [2.05, 4.69) is 0 Å². The third kappa shape index (κ3) is 3.29. The first-order chi connectivity index (χ1) is 10.2. The van der Waals surface area contributed by atoms with Crippen LogP contribution in [0.1, 0.15) is 31.2 Å². The number of fused-ring (bicyclic) bond motifs is 1. The number of aliphatic carboxylic acids is 1. The monoisotopic (exact) mass is 291 g/mol. The van der Waals surface area contributed by atoms with Gasteiger partial charge in [-0.25, -0.2) is 0 Å². The number of carboxylic acids is 1. The Morgan fingerprint density at radius 2 is 1.95 bits per heavy atom. The molecule has 1 atom stereocenters. The number of carboxylic acid groups (broad SMARTS) is 1. The van der Waals surface area contributed by atoms with E-state index in [-0.39, 0.29) is 6.04 Å². The van der Waals surface area contributed by atoms with Crippen molar-refractivity contribution in [3.63, 3.8) is 0 Å². The predicted molar refractivity (Wildman–Crippen MR) is 77.7 cm³/mol. The van der Waals surface area contributed by atoms with Crippen LogP contribution < -0.4 is 9.47 Å². The molecule has 0 radical (unpaired) electrons. The molecule has 5 nitrogen and oxygen atoms in total. The van der Waals surface area contributed by atoms with Gasteiger partial charge in [-0.05, 0) is 49.9 Å². The lowest BCUT2D eigenvalue weighted by Gasteiger charge is -2.22. The van der Waals surface area contributed by atoms with E-state index in [1.807, 2.05) is 23.1 Å². The zero-order valence-electron chi connectivity index (χ0n) is 12.1. The highest BCUT2D eigenvalue weighted by Gasteiger charge is 2.30. The molecule has 2 aliphatic heterocycles. The molecule has 0 aromatic heterocycles. The van der Waals surface area contributed by atoms with E-state index >= 15 is 0 Å². The van der Waals surface area contributed by atoms with Crippen LogP contribution in [0.3, 0.4) is 0 Å². The summed E-state index contributed by atoms with van der Waals surface area (Å²) in [6, 6.07) is 5.56. The molecule has 0 bridgehead atoms. The van der Waals surface area contributed by atoms with Gasteiger partial charge in [0.1, 0.15) is 6.04 Å². The lowest BCUT2D eigenvalue weighted by atomic mass is 10.1. The van der Waals surface area contributed by atoms with E-state index in [0.29, 0.717) is 13.2 Å². The topological polar surface area (TPSA) is 59.0 Å². The lowest BCUT2D eigenvalue weighted by molar-refractivity contribution is -0.142. The Kier molecular flexibility index (Phi) is 4.29. The van der Waals surface area contributed by atoms with Crippen LogP contribution in [0.25, 0.3) is 0 Å². The molecule has 0 unspecified atom stereocenters. The summed E-state index contributed by atoms with van der Waals surface area (Å²) in [6.07, 6.45) is 3.69. The highest BCUT2D eigenvalue weighted by Crippen LogP contribution is 2.31. The van der Waals surface area contributed by atoms with Crippen molar-refractivity contribution in [2.24, 2.45) is 0 Å². The van der Waals surface area contributed by atoms with Crippen LogP contribution in [-0.4, -0.2) is 41.8 Å². The molecule has 1 aromatic rings. The van der Waals surface area contributed by atoms with Crippen LogP contribution in [0, 0.1) is 0 Å². The highest BCUT2D eigenvalue weighted by atomic mass is 16.5. The number of ether oxygens (including phenoxy) is 2. The zero-order valence-corrected chi connectivity index (χ0v) is 12.1. The number of likely N-dealkylation sites (tertiary alicyclic amines) is 1. The highest BCUT2D eigenvalue weighted by molar-refractivity contribution is 5.73. The first kappa shape index (κ1) is 14.2. The fourth-order valence-electron chi connectivity index (χ4n) is 2.98. The van der Waals surface area contributed by atoms with Gasteiger partial charge in [0.15, 0.2) is 11.5 Å². The predicted octanol–water partition coefficient (Wildman–Crippen LogP) is 2.29. The van der Waals surface area contributed by atoms with Crippen molar-refractivity contribution in [2.75, 3.05) is 19.8 Å². The van der Waals surface area contributed by atoms with E-state index in [1.165, 1.54) is 0 Å². The maximum atomic E-state index is 11.2. The third-order valence-electron chi connectivity index (χ3n) is 4.10. The minimum absolute atomic E-state index is 0.357. The quantitative estimate of drug-likeness (QED) is 0.926. The van der Waals surface area contributed by atoms with Gasteiger partial charge >= 0.3 is 5.97 Å². The SMILES string of the molecule is O=C(O)[C@H]1CCCN1Cc1ccc2c(c1)OCCCCO2. The van der Waals surface area contributed by atoms with Crippen molar-refractivity contribution < 1.29 is 19.4 Å². The zero-order chi connectivity index (χ0) is 14.7. The number of hydrogen-bond donors (Lipinski definition) is 1. The maximum absolute atomic E-state index is 11.2. The molecule has 0 saturated carbocycles. The van der Waals surface area contributed by atoms with Crippen molar-refractivity contribution >= 4 is 5.97 Å². The maximum Gasteiger partial charge on any atom is 0.320 e. The summed E-state index contributed by atoms with van der Waals surface area (Å²) < 4.78 is 11.4.